The van der Waals surface area contributed by atoms with Crippen molar-refractivity contribution in [1.82, 2.24) is 15.2 Å². The Bertz CT molecular complexity index is 1420. The van der Waals surface area contributed by atoms with Crippen LogP contribution in [0.3, 0.4) is 0 Å². The van der Waals surface area contributed by atoms with Crippen LogP contribution in [0, 0.1) is 11.3 Å². The van der Waals surface area contributed by atoms with Crippen LogP contribution in [0.25, 0.3) is 38.3 Å². The fraction of sp³-hybridized carbons (Fsp3) is 0.240. The van der Waals surface area contributed by atoms with Gasteiger partial charge in [-0.25, -0.2) is 4.98 Å². The second-order valence-corrected chi connectivity index (χ2v) is 9.21. The Balaban J connectivity index is 0.00000241. The molecule has 0 spiro atoms. The van der Waals surface area contributed by atoms with Gasteiger partial charge in [-0.05, 0) is 48.4 Å². The van der Waals surface area contributed by atoms with Crippen molar-refractivity contribution in [2.45, 2.75) is 19.3 Å². The minimum Gasteiger partial charge on any atom is -0.372 e. The topological polar surface area (TPSA) is 93.3 Å². The fourth-order valence-electron chi connectivity index (χ4n) is 4.68. The molecule has 0 amide bonds. The number of thiophene rings is 1. The molecule has 0 bridgehead atoms. The third kappa shape index (κ3) is 3.77. The summed E-state index contributed by atoms with van der Waals surface area (Å²) in [5, 5.41) is 28.9. The molecule has 7 nitrogen and oxygen atoms in total. The molecule has 0 aliphatic carbocycles. The zero-order valence-electron chi connectivity index (χ0n) is 18.4. The van der Waals surface area contributed by atoms with Gasteiger partial charge in [0.05, 0.1) is 40.0 Å². The lowest BCUT2D eigenvalue weighted by atomic mass is 9.93. The first-order chi connectivity index (χ1) is 16.3. The van der Waals surface area contributed by atoms with Crippen LogP contribution in [0.2, 0.25) is 0 Å². The molecule has 2 aliphatic rings. The number of hydrogen-bond donors (Lipinski definition) is 1. The number of anilines is 1. The Morgan fingerprint density at radius 3 is 2.56 bits per heavy atom. The number of aromatic amines is 1. The number of aromatic nitrogens is 3. The smallest absolute Gasteiger partial charge is 0.182 e. The van der Waals surface area contributed by atoms with E-state index in [1.807, 2.05) is 11.4 Å². The number of hydrogen-bond acceptors (Lipinski definition) is 7. The Labute approximate surface area is 207 Å². The standard InChI is InChI=1S/C25H21N7S.ClH/c26-13-19-21(16-6-8-18(9-7-16)32-10-2-1-3-11-32)22-24(20-5-4-12-33-20)30-31-25(22)29-23(19)17-14-27-28-15-17;/h4-9,12,14H,1-3,10-11,15H2,(H,29,30,31);1H. The number of azo groups is 1. The van der Waals surface area contributed by atoms with Crippen molar-refractivity contribution in [2.75, 3.05) is 24.5 Å². The number of nitrogens with zero attached hydrogens (tertiary/aromatic N) is 6. The van der Waals surface area contributed by atoms with Crippen molar-refractivity contribution in [1.29, 1.82) is 5.26 Å². The zero-order valence-corrected chi connectivity index (χ0v) is 20.0. The molecule has 0 saturated carbocycles. The maximum Gasteiger partial charge on any atom is 0.182 e. The first kappa shape index (κ1) is 22.3. The molecule has 4 aromatic rings. The number of piperidine rings is 1. The van der Waals surface area contributed by atoms with E-state index in [2.05, 4.69) is 61.7 Å². The highest BCUT2D eigenvalue weighted by atomic mass is 35.5. The summed E-state index contributed by atoms with van der Waals surface area (Å²) < 4.78 is 0. The maximum atomic E-state index is 10.3. The van der Waals surface area contributed by atoms with Gasteiger partial charge in [-0.3, -0.25) is 5.10 Å². The molecule has 1 saturated heterocycles. The molecule has 1 fully saturated rings. The minimum absolute atomic E-state index is 0. The predicted octanol–water partition coefficient (Wildman–Crippen LogP) is 6.44. The normalized spacial score (nSPS) is 15.3. The van der Waals surface area contributed by atoms with Crippen LogP contribution in [0.1, 0.15) is 30.5 Å². The molecule has 1 aromatic carbocycles. The number of H-pyrrole nitrogens is 1. The number of fused-ring (bicyclic) bond motifs is 1. The molecule has 6 rings (SSSR count). The van der Waals surface area contributed by atoms with Gasteiger partial charge in [0, 0.05) is 29.9 Å². The highest BCUT2D eigenvalue weighted by Gasteiger charge is 2.25. The number of nitrogens with one attached hydrogen (secondary N) is 1. The zero-order chi connectivity index (χ0) is 22.2. The van der Waals surface area contributed by atoms with Crippen molar-refractivity contribution < 1.29 is 0 Å². The van der Waals surface area contributed by atoms with Crippen molar-refractivity contribution in [3.05, 3.63) is 59.2 Å². The summed E-state index contributed by atoms with van der Waals surface area (Å²) in [4.78, 5) is 8.28. The molecule has 0 radical (unpaired) electrons. The van der Waals surface area contributed by atoms with E-state index in [4.69, 9.17) is 4.98 Å². The van der Waals surface area contributed by atoms with Crippen LogP contribution in [0.15, 0.2) is 58.2 Å². The van der Waals surface area contributed by atoms with E-state index in [-0.39, 0.29) is 12.4 Å². The van der Waals surface area contributed by atoms with E-state index in [0.29, 0.717) is 23.4 Å². The van der Waals surface area contributed by atoms with Crippen LogP contribution in [-0.4, -0.2) is 34.8 Å². The highest BCUT2D eigenvalue weighted by Crippen LogP contribution is 2.41. The first-order valence-electron chi connectivity index (χ1n) is 11.1. The maximum absolute atomic E-state index is 10.3. The summed E-state index contributed by atoms with van der Waals surface area (Å²) in [5.41, 5.74) is 6.51. The highest BCUT2D eigenvalue weighted by molar-refractivity contribution is 7.13. The molecule has 2 aliphatic heterocycles. The van der Waals surface area contributed by atoms with Crippen LogP contribution >= 0.6 is 23.7 Å². The van der Waals surface area contributed by atoms with Gasteiger partial charge in [-0.1, -0.05) is 18.2 Å². The number of halogens is 1. The number of rotatable bonds is 4. The Morgan fingerprint density at radius 1 is 1.06 bits per heavy atom. The van der Waals surface area contributed by atoms with Gasteiger partial charge >= 0.3 is 0 Å². The van der Waals surface area contributed by atoms with Gasteiger partial charge in [-0.2, -0.15) is 20.6 Å². The van der Waals surface area contributed by atoms with Crippen LogP contribution in [-0.2, 0) is 0 Å². The van der Waals surface area contributed by atoms with Gasteiger partial charge in [0.25, 0.3) is 0 Å². The van der Waals surface area contributed by atoms with Crippen LogP contribution in [0.4, 0.5) is 5.69 Å². The molecule has 9 heteroatoms. The van der Waals surface area contributed by atoms with Crippen molar-refractivity contribution in [3.63, 3.8) is 0 Å². The second-order valence-electron chi connectivity index (χ2n) is 8.26. The Hall–Kier alpha value is -3.54. The van der Waals surface area contributed by atoms with E-state index < -0.39 is 0 Å². The van der Waals surface area contributed by atoms with Gasteiger partial charge in [0.1, 0.15) is 6.07 Å². The molecule has 1 N–H and O–H groups in total. The third-order valence-electron chi connectivity index (χ3n) is 6.30. The quantitative estimate of drug-likeness (QED) is 0.358. The SMILES string of the molecule is Cl.N#Cc1c(C2=CN=NC2)nc2n[nH]c(-c3cccs3)c2c1-c1ccc(N2CCCCC2)cc1. The average Bonchev–Trinajstić information content (AvgIpc) is 3.65. The van der Waals surface area contributed by atoms with E-state index in [0.717, 1.165) is 45.7 Å². The summed E-state index contributed by atoms with van der Waals surface area (Å²) in [5.74, 6) is 0. The third-order valence-corrected chi connectivity index (χ3v) is 7.19. The van der Waals surface area contributed by atoms with Crippen LogP contribution < -0.4 is 4.90 Å². The van der Waals surface area contributed by atoms with Crippen molar-refractivity contribution in [2.24, 2.45) is 10.2 Å². The van der Waals surface area contributed by atoms with E-state index in [1.54, 1.807) is 17.5 Å². The second kappa shape index (κ2) is 9.37. The van der Waals surface area contributed by atoms with Crippen molar-refractivity contribution in [3.8, 4) is 27.8 Å². The number of benzene rings is 1. The minimum atomic E-state index is 0. The van der Waals surface area contributed by atoms with Gasteiger partial charge in [0.15, 0.2) is 5.65 Å². The summed E-state index contributed by atoms with van der Waals surface area (Å²) in [7, 11) is 0. The molecule has 34 heavy (non-hydrogen) atoms. The first-order valence-corrected chi connectivity index (χ1v) is 12.0. The van der Waals surface area contributed by atoms with E-state index in [1.165, 1.54) is 24.9 Å². The molecule has 0 atom stereocenters. The van der Waals surface area contributed by atoms with Crippen molar-refractivity contribution >= 4 is 46.0 Å². The molecule has 5 heterocycles. The lowest BCUT2D eigenvalue weighted by Gasteiger charge is -2.29. The molecule has 170 valence electrons. The Morgan fingerprint density at radius 2 is 1.88 bits per heavy atom. The van der Waals surface area contributed by atoms with Gasteiger partial charge in [0.2, 0.25) is 0 Å². The fourth-order valence-corrected chi connectivity index (χ4v) is 5.41. The summed E-state index contributed by atoms with van der Waals surface area (Å²) in [6, 6.07) is 15.1. The van der Waals surface area contributed by atoms with Crippen LogP contribution in [0.5, 0.6) is 0 Å². The monoisotopic (exact) mass is 487 g/mol. The number of nitriles is 1. The molecular formula is C25H22ClN7S. The summed E-state index contributed by atoms with van der Waals surface area (Å²) in [6.07, 6.45) is 5.46. The van der Waals surface area contributed by atoms with Gasteiger partial charge < -0.3 is 4.90 Å². The largest absolute Gasteiger partial charge is 0.372 e. The predicted molar refractivity (Wildman–Crippen MR) is 138 cm³/mol. The number of pyridine rings is 1. The summed E-state index contributed by atoms with van der Waals surface area (Å²) in [6.45, 7) is 2.61. The summed E-state index contributed by atoms with van der Waals surface area (Å²) >= 11 is 1.63. The van der Waals surface area contributed by atoms with E-state index in [9.17, 15) is 5.26 Å². The lowest BCUT2D eigenvalue weighted by Crippen LogP contribution is -2.29. The molecular weight excluding hydrogens is 466 g/mol. The Kier molecular flexibility index (Phi) is 6.14. The average molecular weight is 488 g/mol. The molecule has 0 unspecified atom stereocenters. The molecule has 3 aromatic heterocycles. The van der Waals surface area contributed by atoms with Gasteiger partial charge in [-0.15, -0.1) is 23.7 Å². The van der Waals surface area contributed by atoms with E-state index >= 15 is 0 Å². The lowest BCUT2D eigenvalue weighted by molar-refractivity contribution is 0.578.